The Balaban J connectivity index is 2.04. The van der Waals surface area contributed by atoms with Crippen molar-refractivity contribution in [1.29, 1.82) is 0 Å². The number of morpholine rings is 1. The van der Waals surface area contributed by atoms with Crippen molar-refractivity contribution in [3.63, 3.8) is 0 Å². The van der Waals surface area contributed by atoms with Crippen LogP contribution in [0.15, 0.2) is 0 Å². The molecule has 6 heteroatoms. The minimum absolute atomic E-state index is 0.0138. The van der Waals surface area contributed by atoms with E-state index in [1.165, 1.54) is 0 Å². The molecule has 120 valence electrons. The lowest BCUT2D eigenvalue weighted by atomic mass is 9.79. The monoisotopic (exact) mass is 298 g/mol. The summed E-state index contributed by atoms with van der Waals surface area (Å²) in [5.41, 5.74) is -0.572. The number of carboxylic acids is 1. The zero-order chi connectivity index (χ0) is 15.3. The second kappa shape index (κ2) is 7.11. The molecule has 1 atom stereocenters. The van der Waals surface area contributed by atoms with Gasteiger partial charge in [-0.2, -0.15) is 0 Å². The third kappa shape index (κ3) is 4.09. The van der Waals surface area contributed by atoms with Crippen LogP contribution >= 0.6 is 0 Å². The second-order valence-electron chi connectivity index (χ2n) is 6.17. The lowest BCUT2D eigenvalue weighted by Gasteiger charge is -2.41. The third-order valence-corrected chi connectivity index (χ3v) is 4.63. The molecule has 1 aliphatic carbocycles. The molecule has 0 spiro atoms. The van der Waals surface area contributed by atoms with Gasteiger partial charge < -0.3 is 20.1 Å². The van der Waals surface area contributed by atoms with E-state index in [-0.39, 0.29) is 18.5 Å². The number of carbonyl (C=O) groups excluding carboxylic acids is 1. The van der Waals surface area contributed by atoms with Gasteiger partial charge >= 0.3 is 12.0 Å². The van der Waals surface area contributed by atoms with Crippen LogP contribution in [0.2, 0.25) is 0 Å². The molecule has 6 nitrogen and oxygen atoms in total. The van der Waals surface area contributed by atoms with Crippen molar-refractivity contribution in [1.82, 2.24) is 10.2 Å². The smallest absolute Gasteiger partial charge is 0.318 e. The fraction of sp³-hybridized carbons (Fsp3) is 0.867. The van der Waals surface area contributed by atoms with Gasteiger partial charge in [-0.1, -0.05) is 26.2 Å². The fourth-order valence-electron chi connectivity index (χ4n) is 3.42. The number of carboxylic acid groups (broad SMARTS) is 1. The van der Waals surface area contributed by atoms with Crippen molar-refractivity contribution in [3.05, 3.63) is 0 Å². The molecule has 2 fully saturated rings. The summed E-state index contributed by atoms with van der Waals surface area (Å²) in [7, 11) is 0. The van der Waals surface area contributed by atoms with E-state index >= 15 is 0 Å². The summed E-state index contributed by atoms with van der Waals surface area (Å²) in [5.74, 6) is -0.841. The predicted octanol–water partition coefficient (Wildman–Crippen LogP) is 1.98. The van der Waals surface area contributed by atoms with Crippen LogP contribution in [-0.2, 0) is 9.53 Å². The van der Waals surface area contributed by atoms with Gasteiger partial charge in [0.05, 0.1) is 31.2 Å². The maximum atomic E-state index is 12.6. The van der Waals surface area contributed by atoms with Crippen LogP contribution in [0.3, 0.4) is 0 Å². The van der Waals surface area contributed by atoms with E-state index in [1.807, 2.05) is 11.8 Å². The van der Waals surface area contributed by atoms with Gasteiger partial charge in [0.1, 0.15) is 0 Å². The van der Waals surface area contributed by atoms with Crippen LogP contribution in [0, 0.1) is 0 Å². The third-order valence-electron chi connectivity index (χ3n) is 4.63. The average molecular weight is 298 g/mol. The molecule has 0 bridgehead atoms. The number of rotatable bonds is 4. The Morgan fingerprint density at radius 3 is 2.67 bits per heavy atom. The van der Waals surface area contributed by atoms with Crippen LogP contribution in [0.1, 0.15) is 51.9 Å². The Morgan fingerprint density at radius 1 is 1.33 bits per heavy atom. The van der Waals surface area contributed by atoms with Crippen molar-refractivity contribution in [2.75, 3.05) is 19.8 Å². The number of hydrogen-bond donors (Lipinski definition) is 2. The fourth-order valence-corrected chi connectivity index (χ4v) is 3.42. The van der Waals surface area contributed by atoms with Crippen molar-refractivity contribution in [2.24, 2.45) is 0 Å². The lowest BCUT2D eigenvalue weighted by Crippen LogP contribution is -2.59. The molecule has 2 amide bonds. The summed E-state index contributed by atoms with van der Waals surface area (Å²) in [6.07, 6.45) is 5.45. The highest BCUT2D eigenvalue weighted by atomic mass is 16.5. The standard InChI is InChI=1S/C15H26N2O4/c1-2-12-11-21-9-8-17(12)14(20)16-15(10-13(18)19)6-4-3-5-7-15/h12H,2-11H2,1H3,(H,16,20)(H,18,19). The number of amides is 2. The first-order valence-electron chi connectivity index (χ1n) is 7.95. The van der Waals surface area contributed by atoms with E-state index < -0.39 is 11.5 Å². The molecule has 0 aromatic heterocycles. The van der Waals surface area contributed by atoms with E-state index in [4.69, 9.17) is 9.84 Å². The van der Waals surface area contributed by atoms with Crippen LogP contribution in [0.5, 0.6) is 0 Å². The van der Waals surface area contributed by atoms with Crippen molar-refractivity contribution in [2.45, 2.75) is 63.5 Å². The van der Waals surface area contributed by atoms with Gasteiger partial charge in [0.15, 0.2) is 0 Å². The molecule has 1 aliphatic heterocycles. The average Bonchev–Trinajstić information content (AvgIpc) is 2.47. The number of hydrogen-bond acceptors (Lipinski definition) is 3. The van der Waals surface area contributed by atoms with Gasteiger partial charge in [-0.25, -0.2) is 4.79 Å². The van der Waals surface area contributed by atoms with E-state index in [0.29, 0.717) is 19.8 Å². The molecule has 1 unspecified atom stereocenters. The number of ether oxygens (including phenoxy) is 1. The van der Waals surface area contributed by atoms with Gasteiger partial charge in [-0.05, 0) is 19.3 Å². The van der Waals surface area contributed by atoms with Crippen LogP contribution < -0.4 is 5.32 Å². The molecule has 2 N–H and O–H groups in total. The molecule has 2 aliphatic rings. The van der Waals surface area contributed by atoms with Gasteiger partial charge in [-0.3, -0.25) is 4.79 Å². The van der Waals surface area contributed by atoms with E-state index in [2.05, 4.69) is 5.32 Å². The Hall–Kier alpha value is -1.30. The quantitative estimate of drug-likeness (QED) is 0.832. The Bertz CT molecular complexity index is 380. The maximum absolute atomic E-state index is 12.6. The van der Waals surface area contributed by atoms with Crippen LogP contribution in [-0.4, -0.2) is 53.3 Å². The zero-order valence-corrected chi connectivity index (χ0v) is 12.8. The molecule has 0 aromatic carbocycles. The highest BCUT2D eigenvalue weighted by Gasteiger charge is 2.38. The SMILES string of the molecule is CCC1COCCN1C(=O)NC1(CC(=O)O)CCCCC1. The summed E-state index contributed by atoms with van der Waals surface area (Å²) < 4.78 is 5.42. The molecule has 1 saturated carbocycles. The first kappa shape index (κ1) is 16.1. The summed E-state index contributed by atoms with van der Waals surface area (Å²) in [6, 6.07) is -0.0440. The number of urea groups is 1. The van der Waals surface area contributed by atoms with Crippen molar-refractivity contribution < 1.29 is 19.4 Å². The topological polar surface area (TPSA) is 78.9 Å². The summed E-state index contributed by atoms with van der Waals surface area (Å²) in [6.45, 7) is 3.73. The van der Waals surface area contributed by atoms with E-state index in [0.717, 1.165) is 38.5 Å². The Kier molecular flexibility index (Phi) is 5.45. The summed E-state index contributed by atoms with van der Waals surface area (Å²) in [5, 5.41) is 12.2. The Morgan fingerprint density at radius 2 is 2.05 bits per heavy atom. The zero-order valence-electron chi connectivity index (χ0n) is 12.8. The minimum atomic E-state index is -0.841. The number of carbonyl (C=O) groups is 2. The molecule has 2 rings (SSSR count). The summed E-state index contributed by atoms with van der Waals surface area (Å²) >= 11 is 0. The molecule has 1 saturated heterocycles. The first-order chi connectivity index (χ1) is 10.1. The molecule has 1 heterocycles. The molecule has 0 radical (unpaired) electrons. The number of nitrogens with zero attached hydrogens (tertiary/aromatic N) is 1. The normalized spacial score (nSPS) is 25.4. The van der Waals surface area contributed by atoms with Crippen molar-refractivity contribution in [3.8, 4) is 0 Å². The van der Waals surface area contributed by atoms with E-state index in [1.54, 1.807) is 0 Å². The van der Waals surface area contributed by atoms with E-state index in [9.17, 15) is 9.59 Å². The highest BCUT2D eigenvalue weighted by molar-refractivity contribution is 5.77. The minimum Gasteiger partial charge on any atom is -0.481 e. The molecule has 0 aromatic rings. The lowest BCUT2D eigenvalue weighted by molar-refractivity contribution is -0.139. The van der Waals surface area contributed by atoms with Gasteiger partial charge in [-0.15, -0.1) is 0 Å². The number of aliphatic carboxylic acids is 1. The highest BCUT2D eigenvalue weighted by Crippen LogP contribution is 2.31. The molecular formula is C15H26N2O4. The number of nitrogens with one attached hydrogen (secondary N) is 1. The van der Waals surface area contributed by atoms with Crippen LogP contribution in [0.25, 0.3) is 0 Å². The maximum Gasteiger partial charge on any atom is 0.318 e. The second-order valence-corrected chi connectivity index (χ2v) is 6.17. The summed E-state index contributed by atoms with van der Waals surface area (Å²) in [4.78, 5) is 25.6. The van der Waals surface area contributed by atoms with Crippen molar-refractivity contribution >= 4 is 12.0 Å². The van der Waals surface area contributed by atoms with Gasteiger partial charge in [0, 0.05) is 6.54 Å². The largest absolute Gasteiger partial charge is 0.481 e. The Labute approximate surface area is 125 Å². The first-order valence-corrected chi connectivity index (χ1v) is 7.95. The molecular weight excluding hydrogens is 272 g/mol. The molecule has 21 heavy (non-hydrogen) atoms. The van der Waals surface area contributed by atoms with Gasteiger partial charge in [0.25, 0.3) is 0 Å². The van der Waals surface area contributed by atoms with Crippen LogP contribution in [0.4, 0.5) is 4.79 Å². The van der Waals surface area contributed by atoms with Gasteiger partial charge in [0.2, 0.25) is 0 Å². The predicted molar refractivity (Wildman–Crippen MR) is 78.2 cm³/mol.